The lowest BCUT2D eigenvalue weighted by Gasteiger charge is -2.12. The summed E-state index contributed by atoms with van der Waals surface area (Å²) in [6.07, 6.45) is 1.54. The van der Waals surface area contributed by atoms with Crippen LogP contribution in [-0.4, -0.2) is 20.3 Å². The van der Waals surface area contributed by atoms with Gasteiger partial charge in [0.05, 0.1) is 16.9 Å². The van der Waals surface area contributed by atoms with Crippen molar-refractivity contribution in [3.63, 3.8) is 0 Å². The van der Waals surface area contributed by atoms with Crippen molar-refractivity contribution in [1.82, 2.24) is 14.5 Å². The van der Waals surface area contributed by atoms with Crippen LogP contribution in [0.15, 0.2) is 59.7 Å². The molecular formula is C25H18ClN3O2S. The summed E-state index contributed by atoms with van der Waals surface area (Å²) in [5.74, 6) is -0.0887. The molecule has 0 spiro atoms. The quantitative estimate of drug-likeness (QED) is 0.304. The molecule has 0 bridgehead atoms. The zero-order chi connectivity index (χ0) is 22.6. The van der Waals surface area contributed by atoms with Gasteiger partial charge in [-0.05, 0) is 50.6 Å². The molecule has 5 nitrogen and oxygen atoms in total. The van der Waals surface area contributed by atoms with Gasteiger partial charge in [0, 0.05) is 21.5 Å². The maximum Gasteiger partial charge on any atom is 0.275 e. The third-order valence-corrected chi connectivity index (χ3v) is 6.82. The van der Waals surface area contributed by atoms with Gasteiger partial charge in [-0.2, -0.15) is 0 Å². The van der Waals surface area contributed by atoms with Crippen LogP contribution in [0, 0.1) is 13.8 Å². The van der Waals surface area contributed by atoms with Gasteiger partial charge in [0.15, 0.2) is 5.78 Å². The Morgan fingerprint density at radius 2 is 1.72 bits per heavy atom. The van der Waals surface area contributed by atoms with E-state index in [0.717, 1.165) is 27.8 Å². The number of carbonyl (C=O) groups is 1. The first kappa shape index (κ1) is 20.5. The van der Waals surface area contributed by atoms with Gasteiger partial charge in [-0.15, -0.1) is 11.3 Å². The molecule has 158 valence electrons. The Hall–Kier alpha value is -3.35. The third-order valence-electron chi connectivity index (χ3n) is 5.51. The minimum atomic E-state index is -0.161. The number of nitrogens with zero attached hydrogens (tertiary/aromatic N) is 3. The molecule has 3 aromatic heterocycles. The lowest BCUT2D eigenvalue weighted by atomic mass is 9.94. The maximum absolute atomic E-state index is 13.4. The predicted molar refractivity (Wildman–Crippen MR) is 130 cm³/mol. The van der Waals surface area contributed by atoms with Crippen molar-refractivity contribution in [1.29, 1.82) is 0 Å². The Labute approximate surface area is 193 Å². The van der Waals surface area contributed by atoms with Crippen molar-refractivity contribution < 1.29 is 4.79 Å². The lowest BCUT2D eigenvalue weighted by molar-refractivity contribution is 0.101. The number of pyridine rings is 1. The maximum atomic E-state index is 13.4. The largest absolute Gasteiger partial charge is 0.294 e. The third kappa shape index (κ3) is 3.23. The zero-order valence-corrected chi connectivity index (χ0v) is 19.2. The van der Waals surface area contributed by atoms with Crippen LogP contribution in [0.4, 0.5) is 0 Å². The number of halogens is 1. The van der Waals surface area contributed by atoms with Crippen LogP contribution in [-0.2, 0) is 0 Å². The highest BCUT2D eigenvalue weighted by Crippen LogP contribution is 2.40. The van der Waals surface area contributed by atoms with Gasteiger partial charge in [-0.1, -0.05) is 41.4 Å². The molecule has 0 unspecified atom stereocenters. The van der Waals surface area contributed by atoms with Gasteiger partial charge in [-0.3, -0.25) is 14.2 Å². The fraction of sp³-hybridized carbons (Fsp3) is 0.120. The summed E-state index contributed by atoms with van der Waals surface area (Å²) in [7, 11) is 0. The Morgan fingerprint density at radius 3 is 2.38 bits per heavy atom. The summed E-state index contributed by atoms with van der Waals surface area (Å²) in [6, 6.07) is 15.0. The lowest BCUT2D eigenvalue weighted by Crippen LogP contribution is -2.17. The van der Waals surface area contributed by atoms with E-state index >= 15 is 0 Å². The van der Waals surface area contributed by atoms with Crippen LogP contribution < -0.4 is 5.56 Å². The van der Waals surface area contributed by atoms with Gasteiger partial charge >= 0.3 is 0 Å². The van der Waals surface area contributed by atoms with E-state index in [1.54, 1.807) is 18.5 Å². The number of benzene rings is 2. The van der Waals surface area contributed by atoms with Crippen molar-refractivity contribution in [2.75, 3.05) is 0 Å². The molecule has 5 rings (SSSR count). The molecule has 0 radical (unpaired) electrons. The first-order valence-electron chi connectivity index (χ1n) is 10.0. The number of aryl methyl sites for hydroxylation is 2. The molecule has 0 atom stereocenters. The number of ketones is 1. The molecule has 0 fully saturated rings. The smallest absolute Gasteiger partial charge is 0.275 e. The fourth-order valence-corrected chi connectivity index (χ4v) is 5.24. The Kier molecular flexibility index (Phi) is 4.92. The number of fused-ring (bicyclic) bond motifs is 3. The molecule has 2 aromatic carbocycles. The number of thiophene rings is 1. The number of carbonyl (C=O) groups excluding carboxylic acids is 1. The highest BCUT2D eigenvalue weighted by Gasteiger charge is 2.23. The number of Topliss-reactive ketones (excluding diaryl/α,β-unsaturated/α-hetero) is 1. The molecule has 32 heavy (non-hydrogen) atoms. The first-order valence-corrected chi connectivity index (χ1v) is 11.2. The summed E-state index contributed by atoms with van der Waals surface area (Å²) in [6.45, 7) is 5.35. The fourth-order valence-electron chi connectivity index (χ4n) is 4.00. The second-order valence-electron chi connectivity index (χ2n) is 7.73. The molecule has 0 saturated carbocycles. The van der Waals surface area contributed by atoms with Gasteiger partial charge in [0.2, 0.25) is 0 Å². The minimum absolute atomic E-state index is 0.0887. The van der Waals surface area contributed by atoms with Crippen molar-refractivity contribution >= 4 is 49.2 Å². The Bertz CT molecular complexity index is 1580. The Morgan fingerprint density at radius 1 is 1.03 bits per heavy atom. The van der Waals surface area contributed by atoms with Crippen molar-refractivity contribution in [3.05, 3.63) is 87.1 Å². The highest BCUT2D eigenvalue weighted by atomic mass is 35.5. The van der Waals surface area contributed by atoms with Crippen molar-refractivity contribution in [2.24, 2.45) is 0 Å². The highest BCUT2D eigenvalue weighted by molar-refractivity contribution is 7.25. The standard InChI is InChI=1S/C25H18ClN3O2S/c1-13-4-10-18(11-5-13)29-12-27-22-21-20(16-6-8-17(26)9-7-16)19(15(3)30)14(2)28-24(21)32-23(22)25(29)31/h4-12H,1-3H3. The molecule has 0 aliphatic carbocycles. The molecule has 0 N–H and O–H groups in total. The molecule has 0 aliphatic rings. The molecule has 5 aromatic rings. The van der Waals surface area contributed by atoms with E-state index in [0.29, 0.717) is 31.3 Å². The van der Waals surface area contributed by atoms with Gasteiger partial charge in [0.25, 0.3) is 5.56 Å². The molecule has 0 amide bonds. The Balaban J connectivity index is 1.89. The number of hydrogen-bond acceptors (Lipinski definition) is 5. The normalized spacial score (nSPS) is 11.4. The van der Waals surface area contributed by atoms with Crippen LogP contribution in [0.1, 0.15) is 28.5 Å². The zero-order valence-electron chi connectivity index (χ0n) is 17.6. The molecule has 7 heteroatoms. The summed E-state index contributed by atoms with van der Waals surface area (Å²) >= 11 is 7.40. The van der Waals surface area contributed by atoms with E-state index in [1.165, 1.54) is 22.8 Å². The topological polar surface area (TPSA) is 64.8 Å². The van der Waals surface area contributed by atoms with E-state index in [9.17, 15) is 9.59 Å². The van der Waals surface area contributed by atoms with Gasteiger partial charge < -0.3 is 0 Å². The number of aromatic nitrogens is 3. The van der Waals surface area contributed by atoms with E-state index in [4.69, 9.17) is 11.6 Å². The molecular weight excluding hydrogens is 442 g/mol. The predicted octanol–water partition coefficient (Wildman–Crippen LogP) is 6.14. The average molecular weight is 460 g/mol. The van der Waals surface area contributed by atoms with Gasteiger partial charge in [-0.25, -0.2) is 9.97 Å². The summed E-state index contributed by atoms with van der Waals surface area (Å²) < 4.78 is 2.04. The molecule has 0 aliphatic heterocycles. The first-order chi connectivity index (χ1) is 15.3. The van der Waals surface area contributed by atoms with Gasteiger partial charge in [0.1, 0.15) is 15.9 Å². The van der Waals surface area contributed by atoms with Crippen LogP contribution in [0.2, 0.25) is 5.02 Å². The number of rotatable bonds is 3. The second-order valence-corrected chi connectivity index (χ2v) is 9.16. The molecule has 0 saturated heterocycles. The van der Waals surface area contributed by atoms with Crippen molar-refractivity contribution in [2.45, 2.75) is 20.8 Å². The SMILES string of the molecule is CC(=O)c1c(C)nc2sc3c(=O)n(-c4ccc(C)cc4)cnc3c2c1-c1ccc(Cl)cc1. The monoisotopic (exact) mass is 459 g/mol. The summed E-state index contributed by atoms with van der Waals surface area (Å²) in [4.78, 5) is 36.0. The second kappa shape index (κ2) is 7.65. The van der Waals surface area contributed by atoms with E-state index in [-0.39, 0.29) is 11.3 Å². The summed E-state index contributed by atoms with van der Waals surface area (Å²) in [5.41, 5.74) is 4.98. The van der Waals surface area contributed by atoms with Crippen LogP contribution in [0.3, 0.4) is 0 Å². The van der Waals surface area contributed by atoms with Crippen LogP contribution in [0.5, 0.6) is 0 Å². The minimum Gasteiger partial charge on any atom is -0.294 e. The van der Waals surface area contributed by atoms with Crippen LogP contribution >= 0.6 is 22.9 Å². The van der Waals surface area contributed by atoms with Crippen molar-refractivity contribution in [3.8, 4) is 16.8 Å². The van der Waals surface area contributed by atoms with E-state index in [1.807, 2.05) is 50.2 Å². The average Bonchev–Trinajstić information content (AvgIpc) is 3.13. The molecule has 3 heterocycles. The summed E-state index contributed by atoms with van der Waals surface area (Å²) in [5, 5.41) is 1.32. The van der Waals surface area contributed by atoms with E-state index < -0.39 is 0 Å². The number of hydrogen-bond donors (Lipinski definition) is 0. The van der Waals surface area contributed by atoms with E-state index in [2.05, 4.69) is 9.97 Å². The van der Waals surface area contributed by atoms with Crippen LogP contribution in [0.25, 0.3) is 37.2 Å².